The second-order valence-corrected chi connectivity index (χ2v) is 4.91. The van der Waals surface area contributed by atoms with Gasteiger partial charge >= 0.3 is 5.97 Å². The molecular weight excluding hydrogens is 278 g/mol. The molecule has 0 bridgehead atoms. The van der Waals surface area contributed by atoms with E-state index in [0.29, 0.717) is 52.0 Å². The van der Waals surface area contributed by atoms with Crippen molar-refractivity contribution in [1.29, 1.82) is 0 Å². The molecule has 1 fully saturated rings. The highest BCUT2D eigenvalue weighted by atomic mass is 16.5. The normalized spacial score (nSPS) is 17.0. The van der Waals surface area contributed by atoms with E-state index in [0.717, 1.165) is 13.1 Å². The molecule has 8 nitrogen and oxygen atoms in total. The molecule has 8 heteroatoms. The standard InChI is InChI=1S/C13H23N3O5/c17-10-15-11(13(19)20)3-1-2-4-14-12(18)9-16-5-7-21-8-6-16/h10-11H,1-9H2,(H,14,18)(H,15,17)(H,19,20). The lowest BCUT2D eigenvalue weighted by Gasteiger charge is -2.25. The summed E-state index contributed by atoms with van der Waals surface area (Å²) in [5.74, 6) is -1.07. The highest BCUT2D eigenvalue weighted by Gasteiger charge is 2.16. The highest BCUT2D eigenvalue weighted by Crippen LogP contribution is 2.00. The average Bonchev–Trinajstić information content (AvgIpc) is 2.46. The number of nitrogens with zero attached hydrogens (tertiary/aromatic N) is 1. The van der Waals surface area contributed by atoms with E-state index in [1.54, 1.807) is 0 Å². The van der Waals surface area contributed by atoms with Crippen molar-refractivity contribution in [2.45, 2.75) is 25.3 Å². The largest absolute Gasteiger partial charge is 0.480 e. The van der Waals surface area contributed by atoms with Crippen molar-refractivity contribution in [2.24, 2.45) is 0 Å². The van der Waals surface area contributed by atoms with Crippen LogP contribution in [0.15, 0.2) is 0 Å². The van der Waals surface area contributed by atoms with Gasteiger partial charge in [-0.25, -0.2) is 4.79 Å². The summed E-state index contributed by atoms with van der Waals surface area (Å²) in [7, 11) is 0. The lowest BCUT2D eigenvalue weighted by molar-refractivity contribution is -0.140. The number of hydrogen-bond acceptors (Lipinski definition) is 5. The molecule has 3 N–H and O–H groups in total. The summed E-state index contributed by atoms with van der Waals surface area (Å²) in [5.41, 5.74) is 0. The first kappa shape index (κ1) is 17.4. The van der Waals surface area contributed by atoms with Gasteiger partial charge in [0.1, 0.15) is 6.04 Å². The number of carbonyl (C=O) groups excluding carboxylic acids is 2. The number of carbonyl (C=O) groups is 3. The number of carboxylic acids is 1. The predicted octanol–water partition coefficient (Wildman–Crippen LogP) is -1.20. The molecule has 2 amide bonds. The Morgan fingerprint density at radius 1 is 1.29 bits per heavy atom. The predicted molar refractivity (Wildman–Crippen MR) is 74.7 cm³/mol. The fraction of sp³-hybridized carbons (Fsp3) is 0.769. The van der Waals surface area contributed by atoms with Gasteiger partial charge in [-0.05, 0) is 19.3 Å². The Labute approximate surface area is 123 Å². The Balaban J connectivity index is 2.05. The SMILES string of the molecule is O=CNC(CCCCNC(=O)CN1CCOCC1)C(=O)O. The molecule has 1 unspecified atom stereocenters. The topological polar surface area (TPSA) is 108 Å². The molecule has 1 saturated heterocycles. The van der Waals surface area contributed by atoms with E-state index >= 15 is 0 Å². The number of rotatable bonds is 10. The molecule has 1 aliphatic rings. The fourth-order valence-electron chi connectivity index (χ4n) is 2.08. The van der Waals surface area contributed by atoms with E-state index in [2.05, 4.69) is 10.6 Å². The van der Waals surface area contributed by atoms with Crippen molar-refractivity contribution in [3.63, 3.8) is 0 Å². The summed E-state index contributed by atoms with van der Waals surface area (Å²) in [6.07, 6.45) is 2.05. The number of amides is 2. The fourth-order valence-corrected chi connectivity index (χ4v) is 2.08. The number of hydrogen-bond donors (Lipinski definition) is 3. The van der Waals surface area contributed by atoms with Crippen LogP contribution in [0.1, 0.15) is 19.3 Å². The summed E-state index contributed by atoms with van der Waals surface area (Å²) >= 11 is 0. The molecule has 1 atom stereocenters. The van der Waals surface area contributed by atoms with E-state index in [-0.39, 0.29) is 5.91 Å². The van der Waals surface area contributed by atoms with Crippen molar-refractivity contribution in [3.05, 3.63) is 0 Å². The van der Waals surface area contributed by atoms with Gasteiger partial charge in [0.25, 0.3) is 0 Å². The summed E-state index contributed by atoms with van der Waals surface area (Å²) in [6.45, 7) is 3.74. The van der Waals surface area contributed by atoms with E-state index < -0.39 is 12.0 Å². The molecule has 0 spiro atoms. The first-order valence-corrected chi connectivity index (χ1v) is 7.12. The lowest BCUT2D eigenvalue weighted by Crippen LogP contribution is -2.43. The smallest absolute Gasteiger partial charge is 0.326 e. The molecule has 0 aromatic rings. The van der Waals surface area contributed by atoms with Crippen molar-refractivity contribution < 1.29 is 24.2 Å². The number of nitrogens with one attached hydrogen (secondary N) is 2. The number of ether oxygens (including phenoxy) is 1. The Hall–Kier alpha value is -1.67. The Kier molecular flexibility index (Phi) is 8.37. The third-order valence-electron chi connectivity index (χ3n) is 3.28. The third kappa shape index (κ3) is 7.62. The maximum atomic E-state index is 11.7. The van der Waals surface area contributed by atoms with E-state index in [1.807, 2.05) is 4.90 Å². The van der Waals surface area contributed by atoms with Crippen LogP contribution >= 0.6 is 0 Å². The maximum absolute atomic E-state index is 11.7. The highest BCUT2D eigenvalue weighted by molar-refractivity contribution is 5.78. The number of carboxylic acid groups (broad SMARTS) is 1. The van der Waals surface area contributed by atoms with Gasteiger partial charge in [-0.1, -0.05) is 0 Å². The molecule has 0 aromatic heterocycles. The zero-order chi connectivity index (χ0) is 15.5. The first-order valence-electron chi connectivity index (χ1n) is 7.12. The van der Waals surface area contributed by atoms with Gasteiger partial charge < -0.3 is 20.5 Å². The summed E-state index contributed by atoms with van der Waals surface area (Å²) in [4.78, 5) is 34.7. The molecule has 0 aliphatic carbocycles. The van der Waals surface area contributed by atoms with E-state index in [9.17, 15) is 14.4 Å². The van der Waals surface area contributed by atoms with Crippen molar-refractivity contribution in [2.75, 3.05) is 39.4 Å². The van der Waals surface area contributed by atoms with Gasteiger partial charge in [0.15, 0.2) is 0 Å². The summed E-state index contributed by atoms with van der Waals surface area (Å²) < 4.78 is 5.20. The van der Waals surface area contributed by atoms with Crippen LogP contribution in [0.5, 0.6) is 0 Å². The quantitative estimate of drug-likeness (QED) is 0.346. The molecule has 1 aliphatic heterocycles. The number of morpholine rings is 1. The van der Waals surface area contributed by atoms with Crippen LogP contribution in [-0.2, 0) is 19.1 Å². The zero-order valence-electron chi connectivity index (χ0n) is 12.0. The van der Waals surface area contributed by atoms with Crippen LogP contribution in [0.3, 0.4) is 0 Å². The van der Waals surface area contributed by atoms with Crippen molar-refractivity contribution >= 4 is 18.3 Å². The first-order chi connectivity index (χ1) is 10.1. The zero-order valence-corrected chi connectivity index (χ0v) is 12.0. The second kappa shape index (κ2) is 10.1. The monoisotopic (exact) mass is 301 g/mol. The number of aliphatic carboxylic acids is 1. The molecule has 21 heavy (non-hydrogen) atoms. The third-order valence-corrected chi connectivity index (χ3v) is 3.28. The molecule has 1 rings (SSSR count). The Morgan fingerprint density at radius 2 is 2.00 bits per heavy atom. The summed E-state index contributed by atoms with van der Waals surface area (Å²) in [5, 5.41) is 13.9. The average molecular weight is 301 g/mol. The van der Waals surface area contributed by atoms with Gasteiger partial charge in [0.2, 0.25) is 12.3 Å². The van der Waals surface area contributed by atoms with Gasteiger partial charge in [0, 0.05) is 19.6 Å². The van der Waals surface area contributed by atoms with Gasteiger partial charge in [-0.2, -0.15) is 0 Å². The molecular formula is C13H23N3O5. The van der Waals surface area contributed by atoms with E-state index in [1.165, 1.54) is 0 Å². The minimum atomic E-state index is -1.04. The molecule has 0 radical (unpaired) electrons. The van der Waals surface area contributed by atoms with Crippen LogP contribution in [0.4, 0.5) is 0 Å². The van der Waals surface area contributed by atoms with Crippen LogP contribution < -0.4 is 10.6 Å². The molecule has 0 aromatic carbocycles. The maximum Gasteiger partial charge on any atom is 0.326 e. The van der Waals surface area contributed by atoms with Gasteiger partial charge in [0.05, 0.1) is 19.8 Å². The van der Waals surface area contributed by atoms with Crippen molar-refractivity contribution in [1.82, 2.24) is 15.5 Å². The van der Waals surface area contributed by atoms with Crippen LogP contribution in [0.2, 0.25) is 0 Å². The molecule has 1 heterocycles. The van der Waals surface area contributed by atoms with Gasteiger partial charge in [-0.3, -0.25) is 14.5 Å². The second-order valence-electron chi connectivity index (χ2n) is 4.91. The van der Waals surface area contributed by atoms with Crippen LogP contribution in [0.25, 0.3) is 0 Å². The van der Waals surface area contributed by atoms with Gasteiger partial charge in [-0.15, -0.1) is 0 Å². The Morgan fingerprint density at radius 3 is 2.62 bits per heavy atom. The molecule has 0 saturated carbocycles. The lowest BCUT2D eigenvalue weighted by atomic mass is 10.1. The van der Waals surface area contributed by atoms with E-state index in [4.69, 9.17) is 9.84 Å². The van der Waals surface area contributed by atoms with Crippen LogP contribution in [-0.4, -0.2) is 73.7 Å². The van der Waals surface area contributed by atoms with Crippen LogP contribution in [0, 0.1) is 0 Å². The minimum absolute atomic E-state index is 0.0299. The summed E-state index contributed by atoms with van der Waals surface area (Å²) in [6, 6.07) is -0.855. The van der Waals surface area contributed by atoms with Crippen molar-refractivity contribution in [3.8, 4) is 0 Å². The number of unbranched alkanes of at least 4 members (excludes halogenated alkanes) is 1. The minimum Gasteiger partial charge on any atom is -0.480 e. The molecule has 120 valence electrons. The Bertz CT molecular complexity index is 345.